The van der Waals surface area contributed by atoms with Crippen molar-refractivity contribution in [3.63, 3.8) is 0 Å². The molecule has 7 heteroatoms. The molecule has 0 bridgehead atoms. The molecule has 0 aromatic heterocycles. The molecule has 0 aromatic carbocycles. The van der Waals surface area contributed by atoms with E-state index in [1.165, 1.54) is 0 Å². The number of likely N-dealkylation sites (N-methyl/N-ethyl adjacent to an activating group) is 1. The van der Waals surface area contributed by atoms with E-state index in [9.17, 15) is 13.2 Å². The Hall–Kier alpha value is -0.330. The Morgan fingerprint density at radius 2 is 2.00 bits per heavy atom. The van der Waals surface area contributed by atoms with Crippen LogP contribution in [-0.2, 0) is 14.6 Å². The highest BCUT2D eigenvalue weighted by Crippen LogP contribution is 2.18. The maximum atomic E-state index is 12.2. The summed E-state index contributed by atoms with van der Waals surface area (Å²) < 4.78 is 22.8. The third-order valence-electron chi connectivity index (χ3n) is 3.71. The van der Waals surface area contributed by atoms with Crippen LogP contribution in [0.2, 0.25) is 0 Å². The van der Waals surface area contributed by atoms with Gasteiger partial charge in [-0.15, -0.1) is 12.4 Å². The molecule has 2 aliphatic heterocycles. The molecule has 2 saturated heterocycles. The van der Waals surface area contributed by atoms with Crippen LogP contribution in [0.4, 0.5) is 0 Å². The lowest BCUT2D eigenvalue weighted by molar-refractivity contribution is -0.134. The summed E-state index contributed by atoms with van der Waals surface area (Å²) in [7, 11) is -1.19. The Morgan fingerprint density at radius 3 is 2.50 bits per heavy atom. The SMILES string of the molecule is CN(C(=O)C1CCCCN1)C1CCS(=O)(=O)C1.Cl. The summed E-state index contributed by atoms with van der Waals surface area (Å²) in [4.78, 5) is 13.8. The van der Waals surface area contributed by atoms with Crippen LogP contribution in [-0.4, -0.2) is 56.4 Å². The summed E-state index contributed by atoms with van der Waals surface area (Å²) in [5.74, 6) is 0.391. The zero-order valence-electron chi connectivity index (χ0n) is 10.6. The zero-order valence-corrected chi connectivity index (χ0v) is 12.2. The third kappa shape index (κ3) is 3.59. The van der Waals surface area contributed by atoms with Crippen molar-refractivity contribution in [2.45, 2.75) is 37.8 Å². The number of nitrogens with one attached hydrogen (secondary N) is 1. The molecule has 2 atom stereocenters. The molecule has 0 spiro atoms. The van der Waals surface area contributed by atoms with E-state index in [2.05, 4.69) is 5.32 Å². The Kier molecular flexibility index (Phi) is 5.43. The monoisotopic (exact) mass is 296 g/mol. The first-order valence-corrected chi connectivity index (χ1v) is 8.02. The molecule has 18 heavy (non-hydrogen) atoms. The van der Waals surface area contributed by atoms with Crippen molar-refractivity contribution < 1.29 is 13.2 Å². The second-order valence-electron chi connectivity index (χ2n) is 5.01. The van der Waals surface area contributed by atoms with Crippen LogP contribution in [0.1, 0.15) is 25.7 Å². The van der Waals surface area contributed by atoms with Gasteiger partial charge in [0.25, 0.3) is 0 Å². The van der Waals surface area contributed by atoms with Gasteiger partial charge >= 0.3 is 0 Å². The van der Waals surface area contributed by atoms with E-state index in [1.54, 1.807) is 11.9 Å². The quantitative estimate of drug-likeness (QED) is 0.790. The number of hydrogen-bond acceptors (Lipinski definition) is 4. The van der Waals surface area contributed by atoms with Gasteiger partial charge in [-0.25, -0.2) is 8.42 Å². The van der Waals surface area contributed by atoms with Crippen LogP contribution in [0, 0.1) is 0 Å². The van der Waals surface area contributed by atoms with Crippen molar-refractivity contribution in [2.75, 3.05) is 25.1 Å². The van der Waals surface area contributed by atoms with Gasteiger partial charge in [0, 0.05) is 13.1 Å². The van der Waals surface area contributed by atoms with Gasteiger partial charge in [0.05, 0.1) is 17.5 Å². The molecule has 2 rings (SSSR count). The van der Waals surface area contributed by atoms with E-state index >= 15 is 0 Å². The van der Waals surface area contributed by atoms with Gasteiger partial charge in [-0.2, -0.15) is 0 Å². The first-order valence-electron chi connectivity index (χ1n) is 6.20. The molecule has 2 unspecified atom stereocenters. The number of piperidine rings is 1. The van der Waals surface area contributed by atoms with Crippen LogP contribution in [0.5, 0.6) is 0 Å². The highest BCUT2D eigenvalue weighted by molar-refractivity contribution is 7.91. The van der Waals surface area contributed by atoms with Gasteiger partial charge < -0.3 is 10.2 Å². The van der Waals surface area contributed by atoms with E-state index < -0.39 is 9.84 Å². The van der Waals surface area contributed by atoms with Crippen molar-refractivity contribution in [1.82, 2.24) is 10.2 Å². The normalized spacial score (nSPS) is 30.5. The van der Waals surface area contributed by atoms with Crippen molar-refractivity contribution >= 4 is 28.2 Å². The van der Waals surface area contributed by atoms with Gasteiger partial charge in [0.1, 0.15) is 0 Å². The predicted molar refractivity (Wildman–Crippen MR) is 72.7 cm³/mol. The molecule has 2 aliphatic rings. The Morgan fingerprint density at radius 1 is 1.28 bits per heavy atom. The summed E-state index contributed by atoms with van der Waals surface area (Å²) in [5.41, 5.74) is 0. The average Bonchev–Trinajstić information content (AvgIpc) is 2.69. The highest BCUT2D eigenvalue weighted by atomic mass is 35.5. The van der Waals surface area contributed by atoms with Crippen molar-refractivity contribution in [3.8, 4) is 0 Å². The van der Waals surface area contributed by atoms with Gasteiger partial charge in [0.2, 0.25) is 5.91 Å². The van der Waals surface area contributed by atoms with E-state index in [0.29, 0.717) is 6.42 Å². The zero-order chi connectivity index (χ0) is 12.5. The smallest absolute Gasteiger partial charge is 0.239 e. The summed E-state index contributed by atoms with van der Waals surface area (Å²) in [6.45, 7) is 0.882. The highest BCUT2D eigenvalue weighted by Gasteiger charge is 2.35. The molecular formula is C11H21ClN2O3S. The molecule has 5 nitrogen and oxygen atoms in total. The Labute approximate surface area is 115 Å². The number of hydrogen-bond donors (Lipinski definition) is 1. The van der Waals surface area contributed by atoms with Gasteiger partial charge in [-0.05, 0) is 25.8 Å². The summed E-state index contributed by atoms with van der Waals surface area (Å²) in [6.07, 6.45) is 3.63. The number of carbonyl (C=O) groups excluding carboxylic acids is 1. The fourth-order valence-corrected chi connectivity index (χ4v) is 4.34. The Bertz CT molecular complexity index is 393. The van der Waals surface area contributed by atoms with E-state index in [1.807, 2.05) is 0 Å². The van der Waals surface area contributed by atoms with Gasteiger partial charge in [0.15, 0.2) is 9.84 Å². The molecule has 2 fully saturated rings. The van der Waals surface area contributed by atoms with E-state index in [0.717, 1.165) is 25.8 Å². The van der Waals surface area contributed by atoms with Crippen molar-refractivity contribution in [1.29, 1.82) is 0 Å². The number of nitrogens with zero attached hydrogens (tertiary/aromatic N) is 1. The van der Waals surface area contributed by atoms with Crippen LogP contribution in [0.25, 0.3) is 0 Å². The number of carbonyl (C=O) groups is 1. The summed E-state index contributed by atoms with van der Waals surface area (Å²) >= 11 is 0. The fraction of sp³-hybridized carbons (Fsp3) is 0.909. The molecule has 0 aliphatic carbocycles. The molecule has 1 N–H and O–H groups in total. The van der Waals surface area contributed by atoms with Crippen LogP contribution in [0.3, 0.4) is 0 Å². The van der Waals surface area contributed by atoms with Crippen LogP contribution >= 0.6 is 12.4 Å². The largest absolute Gasteiger partial charge is 0.340 e. The summed E-state index contributed by atoms with van der Waals surface area (Å²) in [5, 5.41) is 3.20. The second-order valence-corrected chi connectivity index (χ2v) is 7.24. The van der Waals surface area contributed by atoms with E-state index in [-0.39, 0.29) is 41.9 Å². The average molecular weight is 297 g/mol. The minimum Gasteiger partial charge on any atom is -0.340 e. The molecule has 2 heterocycles. The first-order chi connectivity index (χ1) is 7.99. The lowest BCUT2D eigenvalue weighted by atomic mass is 10.0. The topological polar surface area (TPSA) is 66.5 Å². The van der Waals surface area contributed by atoms with Gasteiger partial charge in [-0.1, -0.05) is 6.42 Å². The lowest BCUT2D eigenvalue weighted by Gasteiger charge is -2.30. The number of amides is 1. The number of rotatable bonds is 2. The minimum atomic E-state index is -2.92. The molecule has 0 saturated carbocycles. The molecule has 106 valence electrons. The Balaban J connectivity index is 0.00000162. The maximum absolute atomic E-state index is 12.2. The van der Waals surface area contributed by atoms with Crippen molar-refractivity contribution in [3.05, 3.63) is 0 Å². The number of halogens is 1. The molecule has 0 aromatic rings. The minimum absolute atomic E-state index is 0. The number of sulfone groups is 1. The van der Waals surface area contributed by atoms with E-state index in [4.69, 9.17) is 0 Å². The summed E-state index contributed by atoms with van der Waals surface area (Å²) in [6, 6.07) is -0.242. The third-order valence-corrected chi connectivity index (χ3v) is 5.46. The first kappa shape index (κ1) is 15.7. The van der Waals surface area contributed by atoms with Crippen LogP contribution in [0.15, 0.2) is 0 Å². The molecular weight excluding hydrogens is 276 g/mol. The molecule has 0 radical (unpaired) electrons. The van der Waals surface area contributed by atoms with Crippen LogP contribution < -0.4 is 5.32 Å². The maximum Gasteiger partial charge on any atom is 0.239 e. The predicted octanol–water partition coefficient (Wildman–Crippen LogP) is 0.196. The van der Waals surface area contributed by atoms with Crippen molar-refractivity contribution in [2.24, 2.45) is 0 Å². The second kappa shape index (κ2) is 6.21. The standard InChI is InChI=1S/C11H20N2O3S.ClH/c1-13(9-5-7-17(15,16)8-9)11(14)10-4-2-3-6-12-10;/h9-10,12H,2-8H2,1H3;1H. The van der Waals surface area contributed by atoms with Gasteiger partial charge in [-0.3, -0.25) is 4.79 Å². The lowest BCUT2D eigenvalue weighted by Crippen LogP contribution is -2.50. The molecule has 1 amide bonds. The fourth-order valence-electron chi connectivity index (χ4n) is 2.57.